The molecule has 0 amide bonds. The maximum absolute atomic E-state index is 4.20. The van der Waals surface area contributed by atoms with Crippen molar-refractivity contribution in [3.8, 4) is 0 Å². The Labute approximate surface area is 73.0 Å². The van der Waals surface area contributed by atoms with E-state index in [1.54, 1.807) is 0 Å². The molecular formula is C6H14S3. The van der Waals surface area contributed by atoms with Crippen LogP contribution in [0.5, 0.6) is 0 Å². The van der Waals surface area contributed by atoms with Crippen LogP contribution in [-0.2, 0) is 0 Å². The Morgan fingerprint density at radius 3 is 2.22 bits per heavy atom. The summed E-state index contributed by atoms with van der Waals surface area (Å²) in [5.41, 5.74) is 0. The maximum atomic E-state index is 4.20. The molecule has 0 aromatic rings. The van der Waals surface area contributed by atoms with E-state index in [9.17, 15) is 0 Å². The highest BCUT2D eigenvalue weighted by Crippen LogP contribution is 2.14. The molecule has 0 rings (SSSR count). The minimum atomic E-state index is 0.650. The first-order valence-corrected chi connectivity index (χ1v) is 5.49. The van der Waals surface area contributed by atoms with E-state index in [1.165, 1.54) is 12.2 Å². The van der Waals surface area contributed by atoms with Gasteiger partial charge in [-0.3, -0.25) is 0 Å². The Hall–Kier alpha value is 1.05. The van der Waals surface area contributed by atoms with Gasteiger partial charge in [0.2, 0.25) is 0 Å². The zero-order valence-corrected chi connectivity index (χ0v) is 8.31. The number of rotatable bonds is 5. The van der Waals surface area contributed by atoms with Crippen LogP contribution in [0.3, 0.4) is 0 Å². The van der Waals surface area contributed by atoms with E-state index in [1.807, 2.05) is 11.8 Å². The van der Waals surface area contributed by atoms with Crippen molar-refractivity contribution in [2.45, 2.75) is 18.6 Å². The molecule has 0 unspecified atom stereocenters. The minimum Gasteiger partial charge on any atom is -0.178 e. The Morgan fingerprint density at radius 1 is 1.33 bits per heavy atom. The fraction of sp³-hybridized carbons (Fsp3) is 1.00. The molecule has 9 heavy (non-hydrogen) atoms. The van der Waals surface area contributed by atoms with Gasteiger partial charge in [0.25, 0.3) is 0 Å². The molecule has 0 aromatic carbocycles. The molecule has 0 aliphatic heterocycles. The third-order valence-electron chi connectivity index (χ3n) is 0.965. The Kier molecular flexibility index (Phi) is 8.00. The quantitative estimate of drug-likeness (QED) is 0.616. The summed E-state index contributed by atoms with van der Waals surface area (Å²) in [6.45, 7) is 2.20. The zero-order chi connectivity index (χ0) is 7.11. The molecular weight excluding hydrogens is 168 g/mol. The van der Waals surface area contributed by atoms with Crippen LogP contribution in [0.25, 0.3) is 0 Å². The smallest absolute Gasteiger partial charge is 0.0223 e. The number of hydrogen-bond acceptors (Lipinski definition) is 3. The Balaban J connectivity index is 3.09. The van der Waals surface area contributed by atoms with Crippen molar-refractivity contribution < 1.29 is 0 Å². The summed E-state index contributed by atoms with van der Waals surface area (Å²) >= 11 is 10.4. The van der Waals surface area contributed by atoms with Gasteiger partial charge in [0.05, 0.1) is 0 Å². The van der Waals surface area contributed by atoms with Crippen molar-refractivity contribution >= 4 is 37.0 Å². The van der Waals surface area contributed by atoms with Gasteiger partial charge < -0.3 is 0 Å². The van der Waals surface area contributed by atoms with Gasteiger partial charge in [0, 0.05) is 16.8 Å². The fourth-order valence-electron chi connectivity index (χ4n) is 0.448. The maximum Gasteiger partial charge on any atom is 0.0223 e. The Morgan fingerprint density at radius 2 is 1.89 bits per heavy atom. The molecule has 0 N–H and O–H groups in total. The van der Waals surface area contributed by atoms with E-state index < -0.39 is 0 Å². The minimum absolute atomic E-state index is 0.650. The Bertz CT molecular complexity index is 52.3. The summed E-state index contributed by atoms with van der Waals surface area (Å²) in [7, 11) is 0. The monoisotopic (exact) mass is 182 g/mol. The predicted octanol–water partition coefficient (Wildman–Crippen LogP) is 2.36. The van der Waals surface area contributed by atoms with Gasteiger partial charge in [-0.1, -0.05) is 6.92 Å². The molecule has 0 bridgehead atoms. The molecule has 0 saturated heterocycles. The van der Waals surface area contributed by atoms with Crippen LogP contribution in [-0.4, -0.2) is 22.5 Å². The molecule has 0 nitrogen and oxygen atoms in total. The van der Waals surface area contributed by atoms with Gasteiger partial charge in [-0.2, -0.15) is 37.0 Å². The highest BCUT2D eigenvalue weighted by atomic mass is 32.2. The molecule has 0 saturated carbocycles. The van der Waals surface area contributed by atoms with Crippen molar-refractivity contribution in [1.29, 1.82) is 0 Å². The lowest BCUT2D eigenvalue weighted by molar-refractivity contribution is 1.08. The normalized spacial score (nSPS) is 10.7. The molecule has 0 radical (unpaired) electrons. The van der Waals surface area contributed by atoms with Crippen molar-refractivity contribution in [2.75, 3.05) is 17.3 Å². The van der Waals surface area contributed by atoms with E-state index in [-0.39, 0.29) is 0 Å². The van der Waals surface area contributed by atoms with E-state index in [2.05, 4.69) is 32.2 Å². The lowest BCUT2D eigenvalue weighted by atomic mass is 10.5. The highest BCUT2D eigenvalue weighted by Gasteiger charge is 2.01. The van der Waals surface area contributed by atoms with Gasteiger partial charge in [-0.05, 0) is 12.2 Å². The first-order chi connectivity index (χ1) is 4.35. The van der Waals surface area contributed by atoms with E-state index >= 15 is 0 Å². The van der Waals surface area contributed by atoms with Crippen molar-refractivity contribution in [3.63, 3.8) is 0 Å². The summed E-state index contributed by atoms with van der Waals surface area (Å²) in [6.07, 6.45) is 1.25. The SMILES string of the molecule is CCCSC(CS)CS. The van der Waals surface area contributed by atoms with Gasteiger partial charge in [0.1, 0.15) is 0 Å². The first kappa shape index (κ1) is 10.0. The molecule has 0 fully saturated rings. The second-order valence-corrected chi connectivity index (χ2v) is 4.00. The van der Waals surface area contributed by atoms with Crippen LogP contribution in [0.4, 0.5) is 0 Å². The second-order valence-electron chi connectivity index (χ2n) is 1.86. The second kappa shape index (κ2) is 7.16. The average Bonchev–Trinajstić information content (AvgIpc) is 1.91. The molecule has 0 heterocycles. The molecule has 0 aliphatic rings. The van der Waals surface area contributed by atoms with Crippen LogP contribution >= 0.6 is 37.0 Å². The molecule has 0 spiro atoms. The number of hydrogen-bond donors (Lipinski definition) is 2. The lowest BCUT2D eigenvalue weighted by Gasteiger charge is -2.08. The molecule has 3 heteroatoms. The van der Waals surface area contributed by atoms with Gasteiger partial charge in [-0.15, -0.1) is 0 Å². The van der Waals surface area contributed by atoms with E-state index in [4.69, 9.17) is 0 Å². The van der Waals surface area contributed by atoms with Crippen LogP contribution in [0.1, 0.15) is 13.3 Å². The van der Waals surface area contributed by atoms with Crippen LogP contribution in [0.2, 0.25) is 0 Å². The standard InChI is InChI=1S/C6H14S3/c1-2-3-9-6(4-7)5-8/h6-8H,2-5H2,1H3. The van der Waals surface area contributed by atoms with E-state index in [0.717, 1.165) is 11.5 Å². The van der Waals surface area contributed by atoms with Crippen LogP contribution in [0.15, 0.2) is 0 Å². The molecule has 0 atom stereocenters. The summed E-state index contributed by atoms with van der Waals surface area (Å²) in [5.74, 6) is 3.15. The summed E-state index contributed by atoms with van der Waals surface area (Å²) < 4.78 is 0. The third-order valence-corrected chi connectivity index (χ3v) is 3.79. The average molecular weight is 182 g/mol. The van der Waals surface area contributed by atoms with Gasteiger partial charge in [-0.25, -0.2) is 0 Å². The first-order valence-electron chi connectivity index (χ1n) is 3.18. The summed E-state index contributed by atoms with van der Waals surface area (Å²) in [6, 6.07) is 0. The number of thioether (sulfide) groups is 1. The lowest BCUT2D eigenvalue weighted by Crippen LogP contribution is -2.06. The predicted molar refractivity (Wildman–Crippen MR) is 54.2 cm³/mol. The van der Waals surface area contributed by atoms with Crippen molar-refractivity contribution in [3.05, 3.63) is 0 Å². The van der Waals surface area contributed by atoms with Crippen molar-refractivity contribution in [1.82, 2.24) is 0 Å². The van der Waals surface area contributed by atoms with E-state index in [0.29, 0.717) is 5.25 Å². The van der Waals surface area contributed by atoms with Gasteiger partial charge in [0.15, 0.2) is 0 Å². The summed E-state index contributed by atoms with van der Waals surface area (Å²) in [5, 5.41) is 0.650. The number of thiol groups is 2. The van der Waals surface area contributed by atoms with Gasteiger partial charge >= 0.3 is 0 Å². The topological polar surface area (TPSA) is 0 Å². The molecule has 0 aromatic heterocycles. The van der Waals surface area contributed by atoms with Crippen LogP contribution in [0, 0.1) is 0 Å². The third kappa shape index (κ3) is 5.49. The van der Waals surface area contributed by atoms with Crippen molar-refractivity contribution in [2.24, 2.45) is 0 Å². The highest BCUT2D eigenvalue weighted by molar-refractivity contribution is 8.01. The van der Waals surface area contributed by atoms with Crippen LogP contribution < -0.4 is 0 Å². The molecule has 0 aliphatic carbocycles. The molecule has 56 valence electrons. The zero-order valence-electron chi connectivity index (χ0n) is 5.71. The fourth-order valence-corrected chi connectivity index (χ4v) is 2.32. The largest absolute Gasteiger partial charge is 0.178 e. The summed E-state index contributed by atoms with van der Waals surface area (Å²) in [4.78, 5) is 0.